The van der Waals surface area contributed by atoms with Crippen molar-refractivity contribution >= 4 is 28.8 Å². The highest BCUT2D eigenvalue weighted by Gasteiger charge is 2.23. The van der Waals surface area contributed by atoms with Gasteiger partial charge >= 0.3 is 0 Å². The van der Waals surface area contributed by atoms with Crippen LogP contribution in [0, 0.1) is 0 Å². The lowest BCUT2D eigenvalue weighted by atomic mass is 10.2. The Morgan fingerprint density at radius 1 is 1.19 bits per heavy atom. The van der Waals surface area contributed by atoms with E-state index in [0.717, 1.165) is 36.1 Å². The smallest absolute Gasteiger partial charge is 0.253 e. The topological polar surface area (TPSA) is 49.6 Å². The maximum Gasteiger partial charge on any atom is 0.253 e. The van der Waals surface area contributed by atoms with Crippen molar-refractivity contribution in [1.29, 1.82) is 0 Å². The third-order valence-electron chi connectivity index (χ3n) is 4.40. The summed E-state index contributed by atoms with van der Waals surface area (Å²) in [4.78, 5) is 21.4. The Labute approximate surface area is 160 Å². The van der Waals surface area contributed by atoms with Gasteiger partial charge in [0.2, 0.25) is 0 Å². The van der Waals surface area contributed by atoms with Crippen molar-refractivity contribution in [2.75, 3.05) is 26.2 Å². The summed E-state index contributed by atoms with van der Waals surface area (Å²) < 4.78 is 5.39. The fourth-order valence-electron chi connectivity index (χ4n) is 3.04. The molecule has 0 saturated carbocycles. The van der Waals surface area contributed by atoms with E-state index in [9.17, 15) is 4.79 Å². The van der Waals surface area contributed by atoms with Crippen molar-refractivity contribution in [2.24, 2.45) is 0 Å². The molecule has 0 unspecified atom stereocenters. The Hall–Kier alpha value is -2.15. The Bertz CT molecular complexity index is 886. The average Bonchev–Trinajstić information content (AvgIpc) is 3.33. The molecule has 4 rings (SSSR count). The van der Waals surface area contributed by atoms with Gasteiger partial charge in [-0.2, -0.15) is 0 Å². The van der Waals surface area contributed by atoms with E-state index in [1.807, 2.05) is 29.2 Å². The predicted molar refractivity (Wildman–Crippen MR) is 102 cm³/mol. The molecule has 0 N–H and O–H groups in total. The van der Waals surface area contributed by atoms with Crippen LogP contribution in [0.25, 0.3) is 10.8 Å². The fourth-order valence-corrected chi connectivity index (χ4v) is 4.00. The monoisotopic (exact) mass is 387 g/mol. The highest BCUT2D eigenvalue weighted by Crippen LogP contribution is 2.24. The minimum absolute atomic E-state index is 0.0425. The summed E-state index contributed by atoms with van der Waals surface area (Å²) in [6.07, 6.45) is 1.66. The molecule has 0 radical (unpaired) electrons. The molecule has 5 nitrogen and oxygen atoms in total. The van der Waals surface area contributed by atoms with Gasteiger partial charge in [0, 0.05) is 48.7 Å². The first-order valence-corrected chi connectivity index (χ1v) is 9.70. The van der Waals surface area contributed by atoms with Gasteiger partial charge in [0.05, 0.1) is 12.0 Å². The predicted octanol–water partition coefficient (Wildman–Crippen LogP) is 4.01. The molecular weight excluding hydrogens is 370 g/mol. The lowest BCUT2D eigenvalue weighted by molar-refractivity contribution is 0.0627. The molecule has 26 heavy (non-hydrogen) atoms. The van der Waals surface area contributed by atoms with Gasteiger partial charge in [-0.3, -0.25) is 9.69 Å². The molecule has 1 aliphatic rings. The van der Waals surface area contributed by atoms with Gasteiger partial charge in [0.25, 0.3) is 5.91 Å². The van der Waals surface area contributed by atoms with Crippen LogP contribution in [0.4, 0.5) is 0 Å². The molecule has 3 aromatic rings. The molecule has 0 aliphatic carbocycles. The van der Waals surface area contributed by atoms with Crippen LogP contribution in [-0.2, 0) is 6.54 Å². The van der Waals surface area contributed by atoms with Gasteiger partial charge in [-0.15, -0.1) is 11.3 Å². The second-order valence-electron chi connectivity index (χ2n) is 6.20. The van der Waals surface area contributed by atoms with Crippen LogP contribution >= 0.6 is 22.9 Å². The van der Waals surface area contributed by atoms with Gasteiger partial charge in [0.15, 0.2) is 10.8 Å². The van der Waals surface area contributed by atoms with E-state index in [4.69, 9.17) is 16.0 Å². The number of carbonyl (C=O) groups excluding carboxylic acids is 1. The standard InChI is InChI=1S/C19H18ClN3O2S/c20-15-4-1-3-14(11-15)19(24)23-8-6-22(7-9-23)12-16-13-26-18(21-16)17-5-2-10-25-17/h1-5,10-11,13H,6-9,12H2. The van der Waals surface area contributed by atoms with Crippen molar-refractivity contribution in [3.8, 4) is 10.8 Å². The maximum absolute atomic E-state index is 12.6. The van der Waals surface area contributed by atoms with Crippen molar-refractivity contribution in [3.63, 3.8) is 0 Å². The number of amides is 1. The van der Waals surface area contributed by atoms with Crippen molar-refractivity contribution < 1.29 is 9.21 Å². The summed E-state index contributed by atoms with van der Waals surface area (Å²) in [5.74, 6) is 0.846. The minimum atomic E-state index is 0.0425. The van der Waals surface area contributed by atoms with Gasteiger partial charge in [0.1, 0.15) is 0 Å². The van der Waals surface area contributed by atoms with E-state index in [-0.39, 0.29) is 5.91 Å². The molecule has 1 amide bonds. The molecule has 0 bridgehead atoms. The van der Waals surface area contributed by atoms with Gasteiger partial charge in [-0.25, -0.2) is 4.98 Å². The van der Waals surface area contributed by atoms with Crippen LogP contribution in [0.1, 0.15) is 16.1 Å². The Morgan fingerprint density at radius 3 is 2.77 bits per heavy atom. The summed E-state index contributed by atoms with van der Waals surface area (Å²) in [6.45, 7) is 3.87. The van der Waals surface area contributed by atoms with E-state index in [0.29, 0.717) is 23.7 Å². The number of rotatable bonds is 4. The molecule has 1 aliphatic heterocycles. The number of nitrogens with zero attached hydrogens (tertiary/aromatic N) is 3. The molecule has 134 valence electrons. The minimum Gasteiger partial charge on any atom is -0.462 e. The molecule has 7 heteroatoms. The molecule has 1 fully saturated rings. The van der Waals surface area contributed by atoms with E-state index >= 15 is 0 Å². The summed E-state index contributed by atoms with van der Waals surface area (Å²) >= 11 is 7.58. The zero-order chi connectivity index (χ0) is 17.9. The van der Waals surface area contributed by atoms with Crippen molar-refractivity contribution in [2.45, 2.75) is 6.54 Å². The number of furan rings is 1. The first-order valence-electron chi connectivity index (χ1n) is 8.44. The SMILES string of the molecule is O=C(c1cccc(Cl)c1)N1CCN(Cc2csc(-c3ccco3)n2)CC1. The van der Waals surface area contributed by atoms with E-state index < -0.39 is 0 Å². The Morgan fingerprint density at radius 2 is 2.04 bits per heavy atom. The number of hydrogen-bond acceptors (Lipinski definition) is 5. The highest BCUT2D eigenvalue weighted by molar-refractivity contribution is 7.13. The third kappa shape index (κ3) is 3.82. The van der Waals surface area contributed by atoms with Crippen LogP contribution in [0.5, 0.6) is 0 Å². The lowest BCUT2D eigenvalue weighted by Crippen LogP contribution is -2.48. The number of halogens is 1. The van der Waals surface area contributed by atoms with Crippen molar-refractivity contribution in [1.82, 2.24) is 14.8 Å². The van der Waals surface area contributed by atoms with Crippen LogP contribution < -0.4 is 0 Å². The summed E-state index contributed by atoms with van der Waals surface area (Å²) in [6, 6.07) is 10.9. The second kappa shape index (κ2) is 7.61. The lowest BCUT2D eigenvalue weighted by Gasteiger charge is -2.34. The Kier molecular flexibility index (Phi) is 5.06. The van der Waals surface area contributed by atoms with Crippen LogP contribution in [-0.4, -0.2) is 46.9 Å². The Balaban J connectivity index is 1.33. The van der Waals surface area contributed by atoms with Gasteiger partial charge in [-0.1, -0.05) is 17.7 Å². The average molecular weight is 388 g/mol. The second-order valence-corrected chi connectivity index (χ2v) is 7.49. The number of carbonyl (C=O) groups is 1. The molecule has 3 heterocycles. The number of aromatic nitrogens is 1. The first kappa shape index (κ1) is 17.3. The summed E-state index contributed by atoms with van der Waals surface area (Å²) in [5.41, 5.74) is 1.68. The van der Waals surface area contributed by atoms with Crippen molar-refractivity contribution in [3.05, 3.63) is 64.3 Å². The molecular formula is C19H18ClN3O2S. The largest absolute Gasteiger partial charge is 0.462 e. The summed E-state index contributed by atoms with van der Waals surface area (Å²) in [7, 11) is 0. The maximum atomic E-state index is 12.6. The van der Waals surface area contributed by atoms with E-state index in [1.165, 1.54) is 0 Å². The number of piperazine rings is 1. The van der Waals surface area contributed by atoms with E-state index in [2.05, 4.69) is 15.3 Å². The molecule has 1 aromatic carbocycles. The third-order valence-corrected chi connectivity index (χ3v) is 5.54. The number of hydrogen-bond donors (Lipinski definition) is 0. The quantitative estimate of drug-likeness (QED) is 0.678. The number of benzene rings is 1. The van der Waals surface area contributed by atoms with E-state index in [1.54, 1.807) is 29.7 Å². The van der Waals surface area contributed by atoms with Crippen LogP contribution in [0.3, 0.4) is 0 Å². The molecule has 0 atom stereocenters. The van der Waals surface area contributed by atoms with Crippen LogP contribution in [0.2, 0.25) is 5.02 Å². The zero-order valence-electron chi connectivity index (χ0n) is 14.1. The number of thiazole rings is 1. The van der Waals surface area contributed by atoms with Crippen LogP contribution in [0.15, 0.2) is 52.5 Å². The summed E-state index contributed by atoms with van der Waals surface area (Å²) in [5, 5.41) is 3.56. The fraction of sp³-hybridized carbons (Fsp3) is 0.263. The molecule has 1 saturated heterocycles. The molecule has 2 aromatic heterocycles. The zero-order valence-corrected chi connectivity index (χ0v) is 15.7. The molecule has 0 spiro atoms. The highest BCUT2D eigenvalue weighted by atomic mass is 35.5. The normalized spacial score (nSPS) is 15.3. The first-order chi connectivity index (χ1) is 12.7. The van der Waals surface area contributed by atoms with Gasteiger partial charge < -0.3 is 9.32 Å². The van der Waals surface area contributed by atoms with Gasteiger partial charge in [-0.05, 0) is 30.3 Å².